The van der Waals surface area contributed by atoms with Gasteiger partial charge in [0.15, 0.2) is 0 Å². The average molecular weight is 199 g/mol. The number of nitrogens with one attached hydrogen (secondary N) is 1. The normalized spacial score (nSPS) is 22.6. The molecule has 0 radical (unpaired) electrons. The van der Waals surface area contributed by atoms with Gasteiger partial charge in [-0.25, -0.2) is 0 Å². The number of rotatable bonds is 5. The van der Waals surface area contributed by atoms with Gasteiger partial charge in [0.25, 0.3) is 0 Å². The van der Waals surface area contributed by atoms with Crippen LogP contribution in [0.4, 0.5) is 0 Å². The van der Waals surface area contributed by atoms with Crippen molar-refractivity contribution in [2.24, 2.45) is 5.73 Å². The van der Waals surface area contributed by atoms with E-state index in [2.05, 4.69) is 24.1 Å². The first-order chi connectivity index (χ1) is 6.63. The zero-order chi connectivity index (χ0) is 10.6. The fourth-order valence-corrected chi connectivity index (χ4v) is 1.82. The van der Waals surface area contributed by atoms with Crippen molar-refractivity contribution in [3.63, 3.8) is 0 Å². The Labute approximate surface area is 85.8 Å². The first-order valence-electron chi connectivity index (χ1n) is 5.32. The van der Waals surface area contributed by atoms with Crippen molar-refractivity contribution in [3.8, 4) is 0 Å². The lowest BCUT2D eigenvalue weighted by atomic mass is 10.2. The zero-order valence-corrected chi connectivity index (χ0v) is 9.12. The predicted molar refractivity (Wildman–Crippen MR) is 57.2 cm³/mol. The predicted octanol–water partition coefficient (Wildman–Crippen LogP) is -0.413. The molecule has 1 fully saturated rings. The third kappa shape index (κ3) is 3.36. The Morgan fingerprint density at radius 2 is 2.36 bits per heavy atom. The van der Waals surface area contributed by atoms with E-state index < -0.39 is 0 Å². The number of carbonyl (C=O) groups is 1. The van der Waals surface area contributed by atoms with Crippen molar-refractivity contribution >= 4 is 5.78 Å². The summed E-state index contributed by atoms with van der Waals surface area (Å²) >= 11 is 0. The molecule has 0 aromatic rings. The summed E-state index contributed by atoms with van der Waals surface area (Å²) in [6.07, 6.45) is 0.674. The van der Waals surface area contributed by atoms with Gasteiger partial charge in [-0.1, -0.05) is 0 Å². The molecule has 0 aromatic carbocycles. The molecule has 82 valence electrons. The lowest BCUT2D eigenvalue weighted by molar-refractivity contribution is -0.116. The standard InChI is InChI=1S/C10H21N3O/c1-8(2)13(4-3-11)7-9-5-10(14)6-12-9/h8-9,12H,3-7,11H2,1-2H3. The SMILES string of the molecule is CC(C)N(CCN)CC1CC(=O)CN1. The van der Waals surface area contributed by atoms with Gasteiger partial charge in [-0.15, -0.1) is 0 Å². The maximum Gasteiger partial charge on any atom is 0.148 e. The molecule has 0 saturated carbocycles. The van der Waals surface area contributed by atoms with Crippen molar-refractivity contribution < 1.29 is 4.79 Å². The Morgan fingerprint density at radius 3 is 2.79 bits per heavy atom. The van der Waals surface area contributed by atoms with Crippen LogP contribution in [0.25, 0.3) is 0 Å². The molecule has 1 atom stereocenters. The minimum atomic E-state index is 0.325. The van der Waals surface area contributed by atoms with Crippen molar-refractivity contribution in [2.75, 3.05) is 26.2 Å². The summed E-state index contributed by atoms with van der Waals surface area (Å²) in [7, 11) is 0. The van der Waals surface area contributed by atoms with Crippen LogP contribution in [0.1, 0.15) is 20.3 Å². The van der Waals surface area contributed by atoms with E-state index in [0.717, 1.165) is 13.1 Å². The summed E-state index contributed by atoms with van der Waals surface area (Å²) < 4.78 is 0. The third-order valence-electron chi connectivity index (χ3n) is 2.66. The van der Waals surface area contributed by atoms with Crippen molar-refractivity contribution in [2.45, 2.75) is 32.4 Å². The topological polar surface area (TPSA) is 58.4 Å². The van der Waals surface area contributed by atoms with E-state index in [0.29, 0.717) is 37.4 Å². The molecular weight excluding hydrogens is 178 g/mol. The largest absolute Gasteiger partial charge is 0.329 e. The molecule has 0 bridgehead atoms. The Kier molecular flexibility index (Phi) is 4.51. The average Bonchev–Trinajstić information content (AvgIpc) is 2.50. The van der Waals surface area contributed by atoms with Gasteiger partial charge in [0.05, 0.1) is 6.54 Å². The molecule has 0 amide bonds. The molecule has 0 spiro atoms. The highest BCUT2D eigenvalue weighted by Gasteiger charge is 2.23. The van der Waals surface area contributed by atoms with E-state index in [1.165, 1.54) is 0 Å². The Balaban J connectivity index is 2.35. The number of hydrogen-bond acceptors (Lipinski definition) is 4. The van der Waals surface area contributed by atoms with Gasteiger partial charge in [-0.05, 0) is 13.8 Å². The van der Waals surface area contributed by atoms with Crippen LogP contribution < -0.4 is 11.1 Å². The number of carbonyl (C=O) groups excluding carboxylic acids is 1. The van der Waals surface area contributed by atoms with Crippen LogP contribution in [0, 0.1) is 0 Å². The summed E-state index contributed by atoms with van der Waals surface area (Å²) in [5, 5.41) is 3.22. The summed E-state index contributed by atoms with van der Waals surface area (Å²) in [6.45, 7) is 7.38. The molecule has 1 saturated heterocycles. The lowest BCUT2D eigenvalue weighted by Gasteiger charge is -2.28. The molecule has 1 unspecified atom stereocenters. The van der Waals surface area contributed by atoms with Crippen molar-refractivity contribution in [1.82, 2.24) is 10.2 Å². The fourth-order valence-electron chi connectivity index (χ4n) is 1.82. The molecule has 4 heteroatoms. The van der Waals surface area contributed by atoms with Gasteiger partial charge in [0.2, 0.25) is 0 Å². The van der Waals surface area contributed by atoms with Crippen LogP contribution in [0.5, 0.6) is 0 Å². The Hall–Kier alpha value is -0.450. The van der Waals surface area contributed by atoms with Crippen molar-refractivity contribution in [3.05, 3.63) is 0 Å². The molecule has 1 rings (SSSR count). The minimum absolute atomic E-state index is 0.325. The van der Waals surface area contributed by atoms with Crippen LogP contribution in [0.15, 0.2) is 0 Å². The van der Waals surface area contributed by atoms with E-state index >= 15 is 0 Å². The molecule has 4 nitrogen and oxygen atoms in total. The van der Waals surface area contributed by atoms with Gasteiger partial charge < -0.3 is 11.1 Å². The lowest BCUT2D eigenvalue weighted by Crippen LogP contribution is -2.43. The smallest absolute Gasteiger partial charge is 0.148 e. The maximum atomic E-state index is 11.1. The minimum Gasteiger partial charge on any atom is -0.329 e. The van der Waals surface area contributed by atoms with E-state index in [1.54, 1.807) is 0 Å². The fraction of sp³-hybridized carbons (Fsp3) is 0.900. The summed E-state index contributed by atoms with van der Waals surface area (Å²) in [6, 6.07) is 0.826. The summed E-state index contributed by atoms with van der Waals surface area (Å²) in [5.41, 5.74) is 5.54. The molecule has 0 aromatic heterocycles. The number of ketones is 1. The monoisotopic (exact) mass is 199 g/mol. The second kappa shape index (κ2) is 5.44. The maximum absolute atomic E-state index is 11.1. The molecule has 1 heterocycles. The molecule has 0 aliphatic carbocycles. The number of nitrogens with two attached hydrogens (primary N) is 1. The molecular formula is C10H21N3O. The van der Waals surface area contributed by atoms with E-state index in [1.807, 2.05) is 0 Å². The second-order valence-corrected chi connectivity index (χ2v) is 4.20. The summed E-state index contributed by atoms with van der Waals surface area (Å²) in [4.78, 5) is 13.4. The van der Waals surface area contributed by atoms with Gasteiger partial charge in [0.1, 0.15) is 5.78 Å². The van der Waals surface area contributed by atoms with Crippen LogP contribution in [-0.4, -0.2) is 48.9 Å². The van der Waals surface area contributed by atoms with Gasteiger partial charge >= 0.3 is 0 Å². The number of nitrogens with zero attached hydrogens (tertiary/aromatic N) is 1. The van der Waals surface area contributed by atoms with E-state index in [4.69, 9.17) is 5.73 Å². The van der Waals surface area contributed by atoms with Crippen LogP contribution in [0.2, 0.25) is 0 Å². The molecule has 14 heavy (non-hydrogen) atoms. The first-order valence-corrected chi connectivity index (χ1v) is 5.32. The van der Waals surface area contributed by atoms with E-state index in [-0.39, 0.29) is 0 Å². The van der Waals surface area contributed by atoms with Crippen LogP contribution in [-0.2, 0) is 4.79 Å². The molecule has 3 N–H and O–H groups in total. The van der Waals surface area contributed by atoms with Crippen LogP contribution in [0.3, 0.4) is 0 Å². The highest BCUT2D eigenvalue weighted by molar-refractivity contribution is 5.83. The molecule has 1 aliphatic heterocycles. The zero-order valence-electron chi connectivity index (χ0n) is 9.12. The van der Waals surface area contributed by atoms with Gasteiger partial charge in [-0.3, -0.25) is 9.69 Å². The molecule has 1 aliphatic rings. The third-order valence-corrected chi connectivity index (χ3v) is 2.66. The van der Waals surface area contributed by atoms with Crippen LogP contribution >= 0.6 is 0 Å². The van der Waals surface area contributed by atoms with Crippen molar-refractivity contribution in [1.29, 1.82) is 0 Å². The Bertz CT molecular complexity index is 194. The quantitative estimate of drug-likeness (QED) is 0.632. The van der Waals surface area contributed by atoms with Gasteiger partial charge in [0, 0.05) is 38.1 Å². The number of hydrogen-bond donors (Lipinski definition) is 2. The Morgan fingerprint density at radius 1 is 1.64 bits per heavy atom. The second-order valence-electron chi connectivity index (χ2n) is 4.20. The highest BCUT2D eigenvalue weighted by Crippen LogP contribution is 2.06. The first kappa shape index (κ1) is 11.6. The van der Waals surface area contributed by atoms with Gasteiger partial charge in [-0.2, -0.15) is 0 Å². The van der Waals surface area contributed by atoms with E-state index in [9.17, 15) is 4.79 Å². The summed E-state index contributed by atoms with van der Waals surface area (Å²) in [5.74, 6) is 0.325. The number of Topliss-reactive ketones (excluding diaryl/α,β-unsaturated/α-hetero) is 1. The highest BCUT2D eigenvalue weighted by atomic mass is 16.1.